The van der Waals surface area contributed by atoms with Crippen LogP contribution in [0.2, 0.25) is 0 Å². The van der Waals surface area contributed by atoms with E-state index in [1.807, 2.05) is 12.1 Å². The normalized spacial score (nSPS) is 32.3. The van der Waals surface area contributed by atoms with E-state index in [2.05, 4.69) is 26.1 Å². The van der Waals surface area contributed by atoms with Crippen molar-refractivity contribution in [1.82, 2.24) is 10.1 Å². The van der Waals surface area contributed by atoms with Crippen LogP contribution in [0.1, 0.15) is 43.9 Å². The van der Waals surface area contributed by atoms with Gasteiger partial charge >= 0.3 is 0 Å². The highest BCUT2D eigenvalue weighted by Gasteiger charge is 2.40. The fourth-order valence-electron chi connectivity index (χ4n) is 3.93. The Hall–Kier alpha value is -1.14. The molecule has 0 spiro atoms. The van der Waals surface area contributed by atoms with Crippen molar-refractivity contribution >= 4 is 15.9 Å². The largest absolute Gasteiger partial charge is 0.446 e. The van der Waals surface area contributed by atoms with Gasteiger partial charge in [-0.05, 0) is 65.6 Å². The second-order valence-corrected chi connectivity index (χ2v) is 7.04. The molecule has 0 aromatic carbocycles. The highest BCUT2D eigenvalue weighted by atomic mass is 79.9. The van der Waals surface area contributed by atoms with Crippen LogP contribution in [0.15, 0.2) is 25.7 Å². The highest BCUT2D eigenvalue weighted by molar-refractivity contribution is 9.10. The molecule has 2 saturated carbocycles. The van der Waals surface area contributed by atoms with E-state index in [0.29, 0.717) is 40.0 Å². The third-order valence-electron chi connectivity index (χ3n) is 5.00. The summed E-state index contributed by atoms with van der Waals surface area (Å²) in [5, 5.41) is 4.06. The maximum atomic E-state index is 6.34. The molecule has 0 radical (unpaired) electrons. The third kappa shape index (κ3) is 2.44. The monoisotopic (exact) mass is 351 g/mol. The summed E-state index contributed by atoms with van der Waals surface area (Å²) in [7, 11) is 0. The van der Waals surface area contributed by atoms with Crippen molar-refractivity contribution in [3.63, 3.8) is 0 Å². The van der Waals surface area contributed by atoms with Crippen molar-refractivity contribution in [3.8, 4) is 11.6 Å². The average molecular weight is 352 g/mol. The molecule has 6 heteroatoms. The smallest absolute Gasteiger partial charge is 0.238 e. The van der Waals surface area contributed by atoms with Crippen LogP contribution in [0.4, 0.5) is 0 Å². The number of furan rings is 1. The predicted octanol–water partition coefficient (Wildman–Crippen LogP) is 3.71. The van der Waals surface area contributed by atoms with Crippen LogP contribution in [0.5, 0.6) is 0 Å². The number of nitrogens with zero attached hydrogens (tertiary/aromatic N) is 2. The molecule has 2 aliphatic carbocycles. The topological polar surface area (TPSA) is 78.1 Å². The number of fused-ring (bicyclic) bond motifs is 2. The van der Waals surface area contributed by atoms with Gasteiger partial charge in [-0.1, -0.05) is 11.6 Å². The molecule has 2 aromatic rings. The summed E-state index contributed by atoms with van der Waals surface area (Å²) < 4.78 is 11.6. The zero-order valence-corrected chi connectivity index (χ0v) is 13.3. The summed E-state index contributed by atoms with van der Waals surface area (Å²) >= 11 is 3.29. The first-order valence-corrected chi connectivity index (χ1v) is 8.35. The molecule has 2 unspecified atom stereocenters. The Bertz CT molecular complexity index is 624. The molecular weight excluding hydrogens is 334 g/mol. The molecule has 2 aliphatic rings. The molecule has 4 rings (SSSR count). The first kappa shape index (κ1) is 13.5. The summed E-state index contributed by atoms with van der Waals surface area (Å²) in [6, 6.07) is 4.03. The van der Waals surface area contributed by atoms with Gasteiger partial charge in [0, 0.05) is 12.0 Å². The lowest BCUT2D eigenvalue weighted by molar-refractivity contribution is 0.122. The second-order valence-electron chi connectivity index (χ2n) is 6.26. The highest BCUT2D eigenvalue weighted by Crippen LogP contribution is 2.45. The fourth-order valence-corrected chi connectivity index (χ4v) is 4.23. The lowest BCUT2D eigenvalue weighted by Gasteiger charge is -2.43. The number of rotatable bonds is 2. The molecule has 0 amide bonds. The van der Waals surface area contributed by atoms with E-state index in [-0.39, 0.29) is 0 Å². The minimum Gasteiger partial charge on any atom is -0.446 e. The molecule has 2 bridgehead atoms. The zero-order valence-electron chi connectivity index (χ0n) is 11.7. The molecule has 112 valence electrons. The van der Waals surface area contributed by atoms with Crippen molar-refractivity contribution in [1.29, 1.82) is 0 Å². The maximum absolute atomic E-state index is 6.34. The van der Waals surface area contributed by atoms with Gasteiger partial charge in [0.05, 0.1) is 0 Å². The summed E-state index contributed by atoms with van der Waals surface area (Å²) in [6.07, 6.45) is 5.92. The van der Waals surface area contributed by atoms with Crippen LogP contribution < -0.4 is 5.73 Å². The SMILES string of the molecule is NC1C2CCCC1CC(c1nc(-c3ccc(Br)o3)no1)C2. The second kappa shape index (κ2) is 5.25. The Kier molecular flexibility index (Phi) is 3.38. The Labute approximate surface area is 131 Å². The van der Waals surface area contributed by atoms with Crippen LogP contribution in [0, 0.1) is 11.8 Å². The molecule has 0 saturated heterocycles. The Morgan fingerprint density at radius 2 is 1.95 bits per heavy atom. The van der Waals surface area contributed by atoms with Crippen LogP contribution in [-0.2, 0) is 0 Å². The van der Waals surface area contributed by atoms with Crippen molar-refractivity contribution in [2.24, 2.45) is 17.6 Å². The van der Waals surface area contributed by atoms with Crippen LogP contribution >= 0.6 is 15.9 Å². The molecule has 5 nitrogen and oxygen atoms in total. The van der Waals surface area contributed by atoms with Gasteiger partial charge in [-0.25, -0.2) is 0 Å². The summed E-state index contributed by atoms with van der Waals surface area (Å²) in [5.74, 6) is 3.45. The van der Waals surface area contributed by atoms with E-state index >= 15 is 0 Å². The molecular formula is C15H18BrN3O2. The molecule has 2 fully saturated rings. The van der Waals surface area contributed by atoms with Gasteiger partial charge in [-0.3, -0.25) is 0 Å². The van der Waals surface area contributed by atoms with Gasteiger partial charge in [0.25, 0.3) is 0 Å². The van der Waals surface area contributed by atoms with Crippen LogP contribution in [0.25, 0.3) is 11.6 Å². The van der Waals surface area contributed by atoms with Gasteiger partial charge in [0.1, 0.15) is 0 Å². The van der Waals surface area contributed by atoms with Crippen LogP contribution in [-0.4, -0.2) is 16.2 Å². The Morgan fingerprint density at radius 1 is 1.19 bits per heavy atom. The summed E-state index contributed by atoms with van der Waals surface area (Å²) in [5.41, 5.74) is 6.34. The van der Waals surface area contributed by atoms with Crippen molar-refractivity contribution in [2.75, 3.05) is 0 Å². The van der Waals surface area contributed by atoms with Crippen LogP contribution in [0.3, 0.4) is 0 Å². The Balaban J connectivity index is 1.56. The lowest BCUT2D eigenvalue weighted by Crippen LogP contribution is -2.45. The van der Waals surface area contributed by atoms with E-state index in [9.17, 15) is 0 Å². The van der Waals surface area contributed by atoms with E-state index in [1.54, 1.807) is 0 Å². The van der Waals surface area contributed by atoms with E-state index in [0.717, 1.165) is 18.7 Å². The van der Waals surface area contributed by atoms with Gasteiger partial charge in [-0.2, -0.15) is 4.98 Å². The minimum atomic E-state index is 0.347. The quantitative estimate of drug-likeness (QED) is 0.891. The molecule has 2 aromatic heterocycles. The van der Waals surface area contributed by atoms with Gasteiger partial charge in [0.15, 0.2) is 10.4 Å². The molecule has 0 aliphatic heterocycles. The van der Waals surface area contributed by atoms with E-state index < -0.39 is 0 Å². The average Bonchev–Trinajstić information content (AvgIpc) is 3.07. The minimum absolute atomic E-state index is 0.347. The van der Waals surface area contributed by atoms with Crippen molar-refractivity contribution in [2.45, 2.75) is 44.1 Å². The third-order valence-corrected chi connectivity index (χ3v) is 5.42. The summed E-state index contributed by atoms with van der Waals surface area (Å²) in [4.78, 5) is 4.54. The standard InChI is InChI=1S/C15H18BrN3O2/c16-12-5-4-11(20-12)14-18-15(21-19-14)10-6-8-2-1-3-9(7-10)13(8)17/h4-5,8-10,13H,1-3,6-7,17H2. The zero-order chi connectivity index (χ0) is 14.4. The first-order valence-electron chi connectivity index (χ1n) is 7.55. The molecule has 2 heterocycles. The van der Waals surface area contributed by atoms with E-state index in [1.165, 1.54) is 19.3 Å². The van der Waals surface area contributed by atoms with Gasteiger partial charge in [-0.15, -0.1) is 0 Å². The number of aromatic nitrogens is 2. The summed E-state index contributed by atoms with van der Waals surface area (Å²) in [6.45, 7) is 0. The van der Waals surface area contributed by atoms with Gasteiger partial charge < -0.3 is 14.7 Å². The predicted molar refractivity (Wildman–Crippen MR) is 80.5 cm³/mol. The Morgan fingerprint density at radius 3 is 2.62 bits per heavy atom. The first-order chi connectivity index (χ1) is 10.2. The number of hydrogen-bond donors (Lipinski definition) is 1. The van der Waals surface area contributed by atoms with Gasteiger partial charge in [0.2, 0.25) is 11.7 Å². The molecule has 2 atom stereocenters. The van der Waals surface area contributed by atoms with Crippen molar-refractivity contribution in [3.05, 3.63) is 22.7 Å². The van der Waals surface area contributed by atoms with Crippen molar-refractivity contribution < 1.29 is 8.94 Å². The fraction of sp³-hybridized carbons (Fsp3) is 0.600. The number of nitrogens with two attached hydrogens (primary N) is 1. The lowest BCUT2D eigenvalue weighted by atomic mass is 9.65. The van der Waals surface area contributed by atoms with E-state index in [4.69, 9.17) is 14.7 Å². The number of halogens is 1. The maximum Gasteiger partial charge on any atom is 0.238 e. The molecule has 21 heavy (non-hydrogen) atoms. The number of hydrogen-bond acceptors (Lipinski definition) is 5. The molecule has 2 N–H and O–H groups in total.